The molecule has 1 aromatic rings. The summed E-state index contributed by atoms with van der Waals surface area (Å²) in [6.45, 7) is 2.25. The Balaban J connectivity index is 0.00000200. The molecule has 1 aliphatic carbocycles. The molecule has 1 amide bonds. The molecule has 2 rings (SSSR count). The van der Waals surface area contributed by atoms with Gasteiger partial charge in [-0.15, -0.1) is 12.4 Å². The quantitative estimate of drug-likeness (QED) is 0.816. The number of halogens is 2. The van der Waals surface area contributed by atoms with E-state index in [1.807, 2.05) is 24.3 Å². The lowest BCUT2D eigenvalue weighted by Crippen LogP contribution is -2.43. The number of benzene rings is 1. The van der Waals surface area contributed by atoms with Crippen LogP contribution in [0.4, 0.5) is 0 Å². The van der Waals surface area contributed by atoms with Gasteiger partial charge in [0.05, 0.1) is 4.47 Å². The fourth-order valence-corrected chi connectivity index (χ4v) is 2.22. The van der Waals surface area contributed by atoms with E-state index in [0.717, 1.165) is 4.47 Å². The fourth-order valence-electron chi connectivity index (χ4n) is 1.84. The van der Waals surface area contributed by atoms with E-state index >= 15 is 0 Å². The highest BCUT2D eigenvalue weighted by Gasteiger charge is 2.29. The van der Waals surface area contributed by atoms with Gasteiger partial charge in [-0.05, 0) is 53.7 Å². The second-order valence-corrected chi connectivity index (χ2v) is 5.79. The Kier molecular flexibility index (Phi) is 6.79. The van der Waals surface area contributed by atoms with Gasteiger partial charge in [0.15, 0.2) is 6.10 Å². The zero-order valence-electron chi connectivity index (χ0n) is 11.3. The van der Waals surface area contributed by atoms with Crippen LogP contribution in [0.5, 0.6) is 5.75 Å². The number of hydrogen-bond acceptors (Lipinski definition) is 3. The molecule has 0 bridgehead atoms. The lowest BCUT2D eigenvalue weighted by molar-refractivity contribution is -0.127. The summed E-state index contributed by atoms with van der Waals surface area (Å²) in [5, 5.41) is 2.84. The number of ether oxygens (including phenoxy) is 1. The molecule has 4 nitrogen and oxygen atoms in total. The zero-order valence-corrected chi connectivity index (χ0v) is 13.7. The highest BCUT2D eigenvalue weighted by Crippen LogP contribution is 2.31. The predicted molar refractivity (Wildman–Crippen MR) is 85.2 cm³/mol. The van der Waals surface area contributed by atoms with Gasteiger partial charge < -0.3 is 15.8 Å². The summed E-state index contributed by atoms with van der Waals surface area (Å²) >= 11 is 3.39. The van der Waals surface area contributed by atoms with E-state index in [0.29, 0.717) is 18.2 Å². The molecule has 3 N–H and O–H groups in total. The molecule has 1 fully saturated rings. The van der Waals surface area contributed by atoms with Crippen molar-refractivity contribution in [1.29, 1.82) is 0 Å². The minimum absolute atomic E-state index is 0. The molecule has 1 aromatic carbocycles. The van der Waals surface area contributed by atoms with Crippen LogP contribution >= 0.6 is 28.3 Å². The Morgan fingerprint density at radius 2 is 2.15 bits per heavy atom. The number of carbonyl (C=O) groups excluding carboxylic acids is 1. The van der Waals surface area contributed by atoms with Gasteiger partial charge in [-0.1, -0.05) is 12.1 Å². The number of amides is 1. The van der Waals surface area contributed by atoms with Crippen molar-refractivity contribution < 1.29 is 9.53 Å². The predicted octanol–water partition coefficient (Wildman–Crippen LogP) is 2.49. The number of para-hydroxylation sites is 1. The standard InChI is InChI=1S/C14H19BrN2O2.ClH/c1-9(19-13-5-3-2-4-11(13)15)14(18)17-8-12(16)10-6-7-10;/h2-5,9-10,12H,6-8,16H2,1H3,(H,17,18);1H. The molecule has 112 valence electrons. The third-order valence-corrected chi connectivity index (χ3v) is 3.90. The van der Waals surface area contributed by atoms with Crippen LogP contribution in [-0.4, -0.2) is 24.6 Å². The molecule has 1 saturated carbocycles. The molecule has 0 radical (unpaired) electrons. The summed E-state index contributed by atoms with van der Waals surface area (Å²) in [7, 11) is 0. The van der Waals surface area contributed by atoms with Crippen LogP contribution in [0.2, 0.25) is 0 Å². The number of nitrogens with one attached hydrogen (secondary N) is 1. The highest BCUT2D eigenvalue weighted by atomic mass is 79.9. The first-order chi connectivity index (χ1) is 9.08. The first-order valence-corrected chi connectivity index (χ1v) is 7.31. The van der Waals surface area contributed by atoms with E-state index in [-0.39, 0.29) is 24.4 Å². The molecule has 1 aliphatic rings. The van der Waals surface area contributed by atoms with E-state index < -0.39 is 6.10 Å². The van der Waals surface area contributed by atoms with Gasteiger partial charge >= 0.3 is 0 Å². The largest absolute Gasteiger partial charge is 0.480 e. The Morgan fingerprint density at radius 1 is 1.50 bits per heavy atom. The van der Waals surface area contributed by atoms with Crippen LogP contribution in [0.25, 0.3) is 0 Å². The van der Waals surface area contributed by atoms with Crippen LogP contribution < -0.4 is 15.8 Å². The minimum atomic E-state index is -0.537. The molecule has 0 saturated heterocycles. The Hall–Kier alpha value is -0.780. The topological polar surface area (TPSA) is 64.3 Å². The van der Waals surface area contributed by atoms with Crippen molar-refractivity contribution in [2.75, 3.05) is 6.54 Å². The molecule has 2 atom stereocenters. The second-order valence-electron chi connectivity index (χ2n) is 4.94. The van der Waals surface area contributed by atoms with Crippen LogP contribution in [0, 0.1) is 5.92 Å². The molecule has 0 aliphatic heterocycles. The van der Waals surface area contributed by atoms with Crippen molar-refractivity contribution in [3.63, 3.8) is 0 Å². The van der Waals surface area contributed by atoms with Crippen molar-refractivity contribution in [2.45, 2.75) is 31.9 Å². The summed E-state index contributed by atoms with van der Waals surface area (Å²) in [5.41, 5.74) is 5.94. The van der Waals surface area contributed by atoms with Gasteiger partial charge in [0.2, 0.25) is 0 Å². The molecule has 20 heavy (non-hydrogen) atoms. The van der Waals surface area contributed by atoms with Crippen LogP contribution in [0.3, 0.4) is 0 Å². The van der Waals surface area contributed by atoms with Crippen molar-refractivity contribution in [1.82, 2.24) is 5.32 Å². The number of rotatable bonds is 6. The smallest absolute Gasteiger partial charge is 0.260 e. The Labute approximate surface area is 134 Å². The lowest BCUT2D eigenvalue weighted by atomic mass is 10.2. The second kappa shape index (κ2) is 7.86. The average molecular weight is 364 g/mol. The first kappa shape index (κ1) is 17.3. The molecule has 2 unspecified atom stereocenters. The van der Waals surface area contributed by atoms with E-state index in [4.69, 9.17) is 10.5 Å². The van der Waals surface area contributed by atoms with Crippen LogP contribution in [0.15, 0.2) is 28.7 Å². The minimum Gasteiger partial charge on any atom is -0.480 e. The van der Waals surface area contributed by atoms with Crippen molar-refractivity contribution in [2.24, 2.45) is 11.7 Å². The van der Waals surface area contributed by atoms with Crippen molar-refractivity contribution in [3.8, 4) is 5.75 Å². The highest BCUT2D eigenvalue weighted by molar-refractivity contribution is 9.10. The van der Waals surface area contributed by atoms with E-state index in [2.05, 4.69) is 21.2 Å². The average Bonchev–Trinajstić information content (AvgIpc) is 3.22. The third-order valence-electron chi connectivity index (χ3n) is 3.25. The van der Waals surface area contributed by atoms with Gasteiger partial charge in [-0.25, -0.2) is 0 Å². The molecular formula is C14H20BrClN2O2. The molecule has 0 heterocycles. The van der Waals surface area contributed by atoms with Gasteiger partial charge in [0.25, 0.3) is 5.91 Å². The SMILES string of the molecule is CC(Oc1ccccc1Br)C(=O)NCC(N)C1CC1.Cl. The summed E-state index contributed by atoms with van der Waals surface area (Å²) in [5.74, 6) is 1.11. The number of hydrogen-bond donors (Lipinski definition) is 2. The maximum atomic E-state index is 11.9. The maximum absolute atomic E-state index is 11.9. The summed E-state index contributed by atoms with van der Waals surface area (Å²) in [6.07, 6.45) is 1.82. The molecular weight excluding hydrogens is 344 g/mol. The first-order valence-electron chi connectivity index (χ1n) is 6.52. The van der Waals surface area contributed by atoms with Crippen LogP contribution in [0.1, 0.15) is 19.8 Å². The van der Waals surface area contributed by atoms with Crippen LogP contribution in [-0.2, 0) is 4.79 Å². The normalized spacial score (nSPS) is 16.8. The Morgan fingerprint density at radius 3 is 2.75 bits per heavy atom. The van der Waals surface area contributed by atoms with Gasteiger partial charge in [-0.3, -0.25) is 4.79 Å². The van der Waals surface area contributed by atoms with E-state index in [9.17, 15) is 4.79 Å². The monoisotopic (exact) mass is 362 g/mol. The summed E-state index contributed by atoms with van der Waals surface area (Å²) in [4.78, 5) is 11.9. The van der Waals surface area contributed by atoms with Gasteiger partial charge in [0, 0.05) is 12.6 Å². The molecule has 0 spiro atoms. The number of carbonyl (C=O) groups is 1. The van der Waals surface area contributed by atoms with E-state index in [1.54, 1.807) is 6.92 Å². The zero-order chi connectivity index (χ0) is 13.8. The van der Waals surface area contributed by atoms with Crippen molar-refractivity contribution in [3.05, 3.63) is 28.7 Å². The van der Waals surface area contributed by atoms with Gasteiger partial charge in [-0.2, -0.15) is 0 Å². The summed E-state index contributed by atoms with van der Waals surface area (Å²) < 4.78 is 6.45. The molecule has 0 aromatic heterocycles. The third kappa shape index (κ3) is 4.96. The number of nitrogens with two attached hydrogens (primary N) is 1. The molecule has 6 heteroatoms. The van der Waals surface area contributed by atoms with E-state index in [1.165, 1.54) is 12.8 Å². The lowest BCUT2D eigenvalue weighted by Gasteiger charge is -2.17. The fraction of sp³-hybridized carbons (Fsp3) is 0.500. The maximum Gasteiger partial charge on any atom is 0.260 e. The Bertz CT molecular complexity index is 455. The van der Waals surface area contributed by atoms with Gasteiger partial charge in [0.1, 0.15) is 5.75 Å². The van der Waals surface area contributed by atoms with Crippen molar-refractivity contribution >= 4 is 34.2 Å². The summed E-state index contributed by atoms with van der Waals surface area (Å²) in [6, 6.07) is 7.54.